The zero-order chi connectivity index (χ0) is 15.4. The van der Waals surface area contributed by atoms with Crippen molar-refractivity contribution in [3.05, 3.63) is 58.1 Å². The van der Waals surface area contributed by atoms with Crippen LogP contribution in [0, 0.1) is 0 Å². The van der Waals surface area contributed by atoms with Crippen LogP contribution in [0.1, 0.15) is 10.4 Å². The number of rotatable bonds is 4. The fourth-order valence-electron chi connectivity index (χ4n) is 1.60. The lowest BCUT2D eigenvalue weighted by Crippen LogP contribution is -2.12. The molecule has 1 N–H and O–H groups in total. The highest BCUT2D eigenvalue weighted by molar-refractivity contribution is 6.44. The van der Waals surface area contributed by atoms with E-state index in [4.69, 9.17) is 23.2 Å². The lowest BCUT2D eigenvalue weighted by atomic mass is 10.2. The number of ether oxygens (including phenoxy) is 1. The normalized spacial score (nSPS) is 10.5. The Kier molecular flexibility index (Phi) is 4.98. The van der Waals surface area contributed by atoms with Crippen molar-refractivity contribution in [3.8, 4) is 5.75 Å². The molecule has 1 amide bonds. The average molecular weight is 332 g/mol. The summed E-state index contributed by atoms with van der Waals surface area (Å²) in [6.07, 6.45) is 0. The van der Waals surface area contributed by atoms with Crippen LogP contribution in [0.25, 0.3) is 0 Å². The number of carbonyl (C=O) groups is 1. The van der Waals surface area contributed by atoms with E-state index in [1.54, 1.807) is 12.1 Å². The van der Waals surface area contributed by atoms with Gasteiger partial charge in [-0.15, -0.1) is 0 Å². The van der Waals surface area contributed by atoms with Crippen molar-refractivity contribution < 1.29 is 18.3 Å². The first-order valence-corrected chi connectivity index (χ1v) is 6.53. The molecule has 0 unspecified atom stereocenters. The van der Waals surface area contributed by atoms with Crippen molar-refractivity contribution in [2.24, 2.45) is 0 Å². The van der Waals surface area contributed by atoms with Crippen LogP contribution in [0.2, 0.25) is 10.0 Å². The van der Waals surface area contributed by atoms with Crippen molar-refractivity contribution in [1.29, 1.82) is 0 Å². The first kappa shape index (κ1) is 15.5. The molecule has 21 heavy (non-hydrogen) atoms. The van der Waals surface area contributed by atoms with Gasteiger partial charge in [-0.2, -0.15) is 8.78 Å². The molecule has 2 aromatic rings. The Bertz CT molecular complexity index is 648. The van der Waals surface area contributed by atoms with Crippen LogP contribution >= 0.6 is 23.2 Å². The minimum atomic E-state index is -2.89. The van der Waals surface area contributed by atoms with Gasteiger partial charge >= 0.3 is 6.61 Å². The molecule has 0 saturated heterocycles. The first-order valence-electron chi connectivity index (χ1n) is 5.77. The van der Waals surface area contributed by atoms with Gasteiger partial charge in [-0.05, 0) is 36.4 Å². The SMILES string of the molecule is O=C(Nc1ccc(OC(F)F)cc1)c1cccc(Cl)c1Cl. The number of anilines is 1. The second-order valence-electron chi connectivity index (χ2n) is 3.96. The minimum Gasteiger partial charge on any atom is -0.435 e. The highest BCUT2D eigenvalue weighted by Crippen LogP contribution is 2.26. The third-order valence-corrected chi connectivity index (χ3v) is 3.35. The van der Waals surface area contributed by atoms with E-state index < -0.39 is 12.5 Å². The van der Waals surface area contributed by atoms with Crippen LogP contribution in [0.4, 0.5) is 14.5 Å². The minimum absolute atomic E-state index is 0.00351. The second kappa shape index (κ2) is 6.74. The quantitative estimate of drug-likeness (QED) is 0.869. The van der Waals surface area contributed by atoms with Crippen LogP contribution in [0.15, 0.2) is 42.5 Å². The summed E-state index contributed by atoms with van der Waals surface area (Å²) >= 11 is 11.8. The maximum absolute atomic E-state index is 12.0. The van der Waals surface area contributed by atoms with Gasteiger partial charge in [0, 0.05) is 5.69 Å². The van der Waals surface area contributed by atoms with Gasteiger partial charge in [0.15, 0.2) is 0 Å². The lowest BCUT2D eigenvalue weighted by molar-refractivity contribution is -0.0498. The Morgan fingerprint density at radius 2 is 1.76 bits per heavy atom. The van der Waals surface area contributed by atoms with Crippen LogP contribution in [0.5, 0.6) is 5.75 Å². The summed E-state index contributed by atoms with van der Waals surface area (Å²) in [5, 5.41) is 3.00. The van der Waals surface area contributed by atoms with E-state index in [1.807, 2.05) is 0 Å². The predicted molar refractivity (Wildman–Crippen MR) is 77.5 cm³/mol. The summed E-state index contributed by atoms with van der Waals surface area (Å²) in [5.74, 6) is -0.450. The van der Waals surface area contributed by atoms with Gasteiger partial charge in [0.25, 0.3) is 5.91 Å². The average Bonchev–Trinajstić information content (AvgIpc) is 2.43. The van der Waals surface area contributed by atoms with Gasteiger partial charge in [0.1, 0.15) is 5.75 Å². The Labute approximate surface area is 129 Å². The standard InChI is InChI=1S/C14H9Cl2F2NO2/c15-11-3-1-2-10(12(11)16)13(20)19-8-4-6-9(7-5-8)21-14(17)18/h1-7,14H,(H,19,20). The number of nitrogens with one attached hydrogen (secondary N) is 1. The molecule has 3 nitrogen and oxygen atoms in total. The van der Waals surface area contributed by atoms with Crippen LogP contribution in [-0.4, -0.2) is 12.5 Å². The van der Waals surface area contributed by atoms with Crippen molar-refractivity contribution >= 4 is 34.8 Å². The molecule has 0 spiro atoms. The molecule has 0 radical (unpaired) electrons. The third kappa shape index (κ3) is 4.06. The molecule has 0 atom stereocenters. The van der Waals surface area contributed by atoms with Crippen molar-refractivity contribution in [1.82, 2.24) is 0 Å². The van der Waals surface area contributed by atoms with Gasteiger partial charge in [-0.3, -0.25) is 4.79 Å². The van der Waals surface area contributed by atoms with E-state index in [1.165, 1.54) is 30.3 Å². The van der Waals surface area contributed by atoms with Gasteiger partial charge in [-0.25, -0.2) is 0 Å². The number of alkyl halides is 2. The maximum Gasteiger partial charge on any atom is 0.387 e. The highest BCUT2D eigenvalue weighted by Gasteiger charge is 2.13. The molecule has 0 aromatic heterocycles. The predicted octanol–water partition coefficient (Wildman–Crippen LogP) is 4.85. The first-order chi connectivity index (χ1) is 9.97. The highest BCUT2D eigenvalue weighted by atomic mass is 35.5. The molecule has 2 rings (SSSR count). The van der Waals surface area contributed by atoms with Crippen molar-refractivity contribution in [2.45, 2.75) is 6.61 Å². The third-order valence-electron chi connectivity index (χ3n) is 2.53. The smallest absolute Gasteiger partial charge is 0.387 e. The number of hydrogen-bond acceptors (Lipinski definition) is 2. The summed E-state index contributed by atoms with van der Waals surface area (Å²) in [6, 6.07) is 10.2. The molecule has 0 heterocycles. The van der Waals surface area contributed by atoms with Crippen LogP contribution in [-0.2, 0) is 0 Å². The topological polar surface area (TPSA) is 38.3 Å². The van der Waals surface area contributed by atoms with Gasteiger partial charge in [0.05, 0.1) is 15.6 Å². The molecular formula is C14H9Cl2F2NO2. The summed E-state index contributed by atoms with van der Waals surface area (Å²) in [6.45, 7) is -2.89. The molecule has 0 saturated carbocycles. The lowest BCUT2D eigenvalue weighted by Gasteiger charge is -2.09. The summed E-state index contributed by atoms with van der Waals surface area (Å²) in [7, 11) is 0. The van der Waals surface area contributed by atoms with Gasteiger partial charge < -0.3 is 10.1 Å². The summed E-state index contributed by atoms with van der Waals surface area (Å²) in [4.78, 5) is 12.0. The molecule has 0 aliphatic carbocycles. The Morgan fingerprint density at radius 3 is 2.38 bits per heavy atom. The Morgan fingerprint density at radius 1 is 1.10 bits per heavy atom. The van der Waals surface area contributed by atoms with Crippen molar-refractivity contribution in [2.75, 3.05) is 5.32 Å². The maximum atomic E-state index is 12.0. The largest absolute Gasteiger partial charge is 0.435 e. The van der Waals surface area contributed by atoms with E-state index >= 15 is 0 Å². The molecule has 110 valence electrons. The monoisotopic (exact) mass is 331 g/mol. The van der Waals surface area contributed by atoms with E-state index in [0.717, 1.165) is 0 Å². The summed E-state index contributed by atoms with van der Waals surface area (Å²) < 4.78 is 28.2. The number of amides is 1. The van der Waals surface area contributed by atoms with E-state index in [-0.39, 0.29) is 21.4 Å². The fraction of sp³-hybridized carbons (Fsp3) is 0.0714. The Balaban J connectivity index is 2.11. The number of halogens is 4. The number of carbonyl (C=O) groups excluding carboxylic acids is 1. The zero-order valence-electron chi connectivity index (χ0n) is 10.4. The molecule has 0 aliphatic rings. The number of benzene rings is 2. The number of hydrogen-bond donors (Lipinski definition) is 1. The Hall–Kier alpha value is -1.85. The van der Waals surface area contributed by atoms with Crippen LogP contribution in [0.3, 0.4) is 0 Å². The van der Waals surface area contributed by atoms with Crippen molar-refractivity contribution in [3.63, 3.8) is 0 Å². The van der Waals surface area contributed by atoms with Crippen LogP contribution < -0.4 is 10.1 Å². The van der Waals surface area contributed by atoms with E-state index in [9.17, 15) is 13.6 Å². The second-order valence-corrected chi connectivity index (χ2v) is 4.74. The molecule has 0 aliphatic heterocycles. The fourth-order valence-corrected chi connectivity index (χ4v) is 1.98. The molecule has 2 aromatic carbocycles. The molecule has 0 fully saturated rings. The zero-order valence-corrected chi connectivity index (χ0v) is 12.0. The van der Waals surface area contributed by atoms with Gasteiger partial charge in [0.2, 0.25) is 0 Å². The summed E-state index contributed by atoms with van der Waals surface area (Å²) in [5.41, 5.74) is 0.634. The van der Waals surface area contributed by atoms with E-state index in [0.29, 0.717) is 5.69 Å². The molecule has 7 heteroatoms. The van der Waals surface area contributed by atoms with E-state index in [2.05, 4.69) is 10.1 Å². The van der Waals surface area contributed by atoms with Gasteiger partial charge in [-0.1, -0.05) is 29.3 Å². The molecular weight excluding hydrogens is 323 g/mol. The molecule has 0 bridgehead atoms.